The van der Waals surface area contributed by atoms with Gasteiger partial charge in [-0.1, -0.05) is 5.16 Å². The van der Waals surface area contributed by atoms with Crippen molar-refractivity contribution in [3.05, 3.63) is 11.7 Å². The van der Waals surface area contributed by atoms with Crippen LogP contribution in [0.4, 0.5) is 13.2 Å². The first kappa shape index (κ1) is 12.0. The van der Waals surface area contributed by atoms with E-state index in [1.54, 1.807) is 0 Å². The lowest BCUT2D eigenvalue weighted by Gasteiger charge is -2.01. The summed E-state index contributed by atoms with van der Waals surface area (Å²) in [5.74, 6) is 0.442. The fourth-order valence-corrected chi connectivity index (χ4v) is 1.00. The number of hydrogen-bond donors (Lipinski definition) is 1. The number of aromatic nitrogens is 2. The Morgan fingerprint density at radius 3 is 2.60 bits per heavy atom. The van der Waals surface area contributed by atoms with E-state index in [1.807, 2.05) is 0 Å². The molecule has 2 N–H and O–H groups in total. The Kier molecular flexibility index (Phi) is 4.07. The van der Waals surface area contributed by atoms with Gasteiger partial charge >= 0.3 is 6.18 Å². The van der Waals surface area contributed by atoms with Crippen LogP contribution in [0.15, 0.2) is 4.52 Å². The van der Waals surface area contributed by atoms with E-state index in [0.29, 0.717) is 25.3 Å². The summed E-state index contributed by atoms with van der Waals surface area (Å²) in [7, 11) is 0. The van der Waals surface area contributed by atoms with Crippen LogP contribution in [0.3, 0.4) is 0 Å². The predicted molar refractivity (Wildman–Crippen MR) is 46.0 cm³/mol. The average molecular weight is 223 g/mol. The highest BCUT2D eigenvalue weighted by atomic mass is 19.4. The fraction of sp³-hybridized carbons (Fsp3) is 0.750. The van der Waals surface area contributed by atoms with Crippen molar-refractivity contribution < 1.29 is 17.7 Å². The summed E-state index contributed by atoms with van der Waals surface area (Å²) < 4.78 is 40.3. The maximum Gasteiger partial charge on any atom is 0.389 e. The molecule has 0 spiro atoms. The van der Waals surface area contributed by atoms with E-state index >= 15 is 0 Å². The van der Waals surface area contributed by atoms with Crippen LogP contribution in [0.25, 0.3) is 0 Å². The third-order valence-electron chi connectivity index (χ3n) is 1.74. The van der Waals surface area contributed by atoms with E-state index in [0.717, 1.165) is 0 Å². The second kappa shape index (κ2) is 5.11. The molecule has 0 saturated heterocycles. The third-order valence-corrected chi connectivity index (χ3v) is 1.74. The third kappa shape index (κ3) is 4.78. The molecule has 86 valence electrons. The smallest absolute Gasteiger partial charge is 0.339 e. The van der Waals surface area contributed by atoms with Crippen LogP contribution in [0.1, 0.15) is 24.6 Å². The number of nitrogens with zero attached hydrogens (tertiary/aromatic N) is 2. The maximum absolute atomic E-state index is 11.8. The zero-order chi connectivity index (χ0) is 11.3. The molecule has 0 atom stereocenters. The highest BCUT2D eigenvalue weighted by Gasteiger charge is 2.27. The van der Waals surface area contributed by atoms with Crippen LogP contribution in [0.2, 0.25) is 0 Å². The number of nitrogens with two attached hydrogens (primary N) is 1. The van der Waals surface area contributed by atoms with Crippen LogP contribution in [0.5, 0.6) is 0 Å². The number of aryl methyl sites for hydroxylation is 2. The van der Waals surface area contributed by atoms with Gasteiger partial charge in [0, 0.05) is 12.8 Å². The number of hydrogen-bond acceptors (Lipinski definition) is 4. The van der Waals surface area contributed by atoms with Crippen molar-refractivity contribution in [3.8, 4) is 0 Å². The molecule has 1 aromatic rings. The van der Waals surface area contributed by atoms with E-state index in [2.05, 4.69) is 10.1 Å². The molecule has 0 unspecified atom stereocenters. The molecule has 1 rings (SSSR count). The Bertz CT molecular complexity index is 298. The van der Waals surface area contributed by atoms with Crippen molar-refractivity contribution in [1.82, 2.24) is 10.1 Å². The number of halogens is 3. The standard InChI is InChI=1S/C8H12F3N3O/c9-8(10,11)4-3-6-13-7(15-14-6)2-1-5-12/h1-5,12H2. The Morgan fingerprint density at radius 1 is 1.27 bits per heavy atom. The molecule has 0 aliphatic heterocycles. The van der Waals surface area contributed by atoms with E-state index in [-0.39, 0.29) is 12.2 Å². The van der Waals surface area contributed by atoms with E-state index in [9.17, 15) is 13.2 Å². The first-order chi connectivity index (χ1) is 7.01. The molecule has 0 aromatic carbocycles. The molecular weight excluding hydrogens is 211 g/mol. The summed E-state index contributed by atoms with van der Waals surface area (Å²) in [4.78, 5) is 3.82. The maximum atomic E-state index is 11.8. The van der Waals surface area contributed by atoms with Gasteiger partial charge in [0.1, 0.15) is 0 Å². The van der Waals surface area contributed by atoms with Gasteiger partial charge in [-0.2, -0.15) is 18.2 Å². The van der Waals surface area contributed by atoms with Crippen molar-refractivity contribution in [2.24, 2.45) is 5.73 Å². The molecule has 4 nitrogen and oxygen atoms in total. The van der Waals surface area contributed by atoms with Crippen LogP contribution in [0, 0.1) is 0 Å². The second-order valence-electron chi connectivity index (χ2n) is 3.11. The number of rotatable bonds is 5. The molecular formula is C8H12F3N3O. The molecule has 0 bridgehead atoms. The van der Waals surface area contributed by atoms with E-state index < -0.39 is 12.6 Å². The average Bonchev–Trinajstić information content (AvgIpc) is 2.58. The van der Waals surface area contributed by atoms with Gasteiger partial charge < -0.3 is 10.3 Å². The van der Waals surface area contributed by atoms with E-state index in [4.69, 9.17) is 10.3 Å². The summed E-state index contributed by atoms with van der Waals surface area (Å²) in [5.41, 5.74) is 5.26. The lowest BCUT2D eigenvalue weighted by atomic mass is 10.3. The Hall–Kier alpha value is -1.11. The molecule has 0 fully saturated rings. The summed E-state index contributed by atoms with van der Waals surface area (Å²) in [6.45, 7) is 0.486. The van der Waals surface area contributed by atoms with Crippen molar-refractivity contribution >= 4 is 0 Å². The van der Waals surface area contributed by atoms with Crippen LogP contribution < -0.4 is 5.73 Å². The minimum Gasteiger partial charge on any atom is -0.339 e. The topological polar surface area (TPSA) is 64.9 Å². The molecule has 0 radical (unpaired) electrons. The van der Waals surface area contributed by atoms with Crippen molar-refractivity contribution in [3.63, 3.8) is 0 Å². The largest absolute Gasteiger partial charge is 0.389 e. The Labute approximate surface area is 84.6 Å². The monoisotopic (exact) mass is 223 g/mol. The second-order valence-corrected chi connectivity index (χ2v) is 3.11. The van der Waals surface area contributed by atoms with Gasteiger partial charge in [-0.25, -0.2) is 0 Å². The first-order valence-electron chi connectivity index (χ1n) is 4.59. The van der Waals surface area contributed by atoms with Gasteiger partial charge in [-0.05, 0) is 13.0 Å². The van der Waals surface area contributed by atoms with Gasteiger partial charge in [0.05, 0.1) is 6.42 Å². The zero-order valence-corrected chi connectivity index (χ0v) is 8.05. The van der Waals surface area contributed by atoms with Gasteiger partial charge in [-0.15, -0.1) is 0 Å². The summed E-state index contributed by atoms with van der Waals surface area (Å²) in [5, 5.41) is 3.45. The van der Waals surface area contributed by atoms with Crippen molar-refractivity contribution in [2.45, 2.75) is 31.9 Å². The lowest BCUT2D eigenvalue weighted by Crippen LogP contribution is -2.09. The molecule has 0 aliphatic carbocycles. The normalized spacial score (nSPS) is 12.0. The molecule has 7 heteroatoms. The SMILES string of the molecule is NCCCc1nc(CCC(F)(F)F)no1. The minimum atomic E-state index is -4.18. The summed E-state index contributed by atoms with van der Waals surface area (Å²) >= 11 is 0. The summed E-state index contributed by atoms with van der Waals surface area (Å²) in [6.07, 6.45) is -4.16. The van der Waals surface area contributed by atoms with Crippen LogP contribution >= 0.6 is 0 Å². The first-order valence-corrected chi connectivity index (χ1v) is 4.59. The quantitative estimate of drug-likeness (QED) is 0.820. The van der Waals surface area contributed by atoms with Crippen molar-refractivity contribution in [1.29, 1.82) is 0 Å². The Morgan fingerprint density at radius 2 is 2.00 bits per heavy atom. The molecule has 0 aliphatic rings. The van der Waals surface area contributed by atoms with Crippen LogP contribution in [-0.4, -0.2) is 22.9 Å². The predicted octanol–water partition coefficient (Wildman–Crippen LogP) is 1.46. The minimum absolute atomic E-state index is 0.0966. The van der Waals surface area contributed by atoms with Gasteiger partial charge in [0.25, 0.3) is 0 Å². The highest BCUT2D eigenvalue weighted by Crippen LogP contribution is 2.21. The number of alkyl halides is 3. The lowest BCUT2D eigenvalue weighted by molar-refractivity contribution is -0.134. The molecule has 1 heterocycles. The molecule has 15 heavy (non-hydrogen) atoms. The van der Waals surface area contributed by atoms with Crippen molar-refractivity contribution in [2.75, 3.05) is 6.54 Å². The van der Waals surface area contributed by atoms with Crippen LogP contribution in [-0.2, 0) is 12.8 Å². The molecule has 0 saturated carbocycles. The highest BCUT2D eigenvalue weighted by molar-refractivity contribution is 4.87. The Balaban J connectivity index is 2.39. The molecule has 1 aromatic heterocycles. The molecule has 0 amide bonds. The van der Waals surface area contributed by atoms with E-state index in [1.165, 1.54) is 0 Å². The van der Waals surface area contributed by atoms with Gasteiger partial charge in [0.2, 0.25) is 5.89 Å². The zero-order valence-electron chi connectivity index (χ0n) is 8.05. The summed E-state index contributed by atoms with van der Waals surface area (Å²) in [6, 6.07) is 0. The van der Waals surface area contributed by atoms with Gasteiger partial charge in [-0.3, -0.25) is 0 Å². The van der Waals surface area contributed by atoms with Gasteiger partial charge in [0.15, 0.2) is 5.82 Å². The fourth-order valence-electron chi connectivity index (χ4n) is 1.00.